The highest BCUT2D eigenvalue weighted by atomic mass is 35.5. The van der Waals surface area contributed by atoms with Crippen molar-refractivity contribution in [3.63, 3.8) is 0 Å². The van der Waals surface area contributed by atoms with Crippen molar-refractivity contribution in [1.82, 2.24) is 24.4 Å². The maximum Gasteiger partial charge on any atom is 0.343 e. The van der Waals surface area contributed by atoms with Crippen LogP contribution in [0.1, 0.15) is 19.0 Å². The van der Waals surface area contributed by atoms with Gasteiger partial charge in [0.2, 0.25) is 0 Å². The fraction of sp³-hybridized carbons (Fsp3) is 0.500. The zero-order chi connectivity index (χ0) is 12.3. The van der Waals surface area contributed by atoms with Gasteiger partial charge in [0.25, 0.3) is 0 Å². The van der Waals surface area contributed by atoms with Gasteiger partial charge < -0.3 is 0 Å². The van der Waals surface area contributed by atoms with E-state index in [1.54, 1.807) is 4.57 Å². The van der Waals surface area contributed by atoms with Gasteiger partial charge in [-0.2, -0.15) is 0 Å². The van der Waals surface area contributed by atoms with E-state index in [4.69, 9.17) is 11.6 Å². The molecule has 0 amide bonds. The van der Waals surface area contributed by atoms with Crippen LogP contribution in [0, 0.1) is 0 Å². The summed E-state index contributed by atoms with van der Waals surface area (Å²) in [4.78, 5) is 11.4. The van der Waals surface area contributed by atoms with Crippen LogP contribution in [-0.4, -0.2) is 24.4 Å². The van der Waals surface area contributed by atoms with Crippen LogP contribution in [0.3, 0.4) is 0 Å². The monoisotopic (exact) mass is 291 g/mol. The Bertz CT molecular complexity index is 548. The summed E-state index contributed by atoms with van der Waals surface area (Å²) < 4.78 is 5.94. The maximum absolute atomic E-state index is 11.4. The number of nitrogens with zero attached hydrogens (tertiary/aromatic N) is 4. The highest BCUT2D eigenvalue weighted by molar-refractivity contribution is 7.98. The number of hydrogen-bond acceptors (Lipinski definition) is 6. The molecule has 0 aliphatic carbocycles. The summed E-state index contributed by atoms with van der Waals surface area (Å²) >= 11 is 8.47. The fourth-order valence-corrected chi connectivity index (χ4v) is 2.96. The molecule has 0 aliphatic rings. The summed E-state index contributed by atoms with van der Waals surface area (Å²) in [6.07, 6.45) is 0.881. The van der Waals surface area contributed by atoms with Crippen molar-refractivity contribution in [3.05, 3.63) is 20.5 Å². The Morgan fingerprint density at radius 1 is 1.59 bits per heavy atom. The third kappa shape index (κ3) is 2.88. The lowest BCUT2D eigenvalue weighted by Crippen LogP contribution is -2.17. The fourth-order valence-electron chi connectivity index (χ4n) is 1.25. The predicted molar refractivity (Wildman–Crippen MR) is 67.6 cm³/mol. The largest absolute Gasteiger partial charge is 0.343 e. The highest BCUT2D eigenvalue weighted by Crippen LogP contribution is 2.25. The summed E-state index contributed by atoms with van der Waals surface area (Å²) in [6.45, 7) is 2.66. The number of hydrogen-bond donors (Lipinski definition) is 1. The molecule has 0 fully saturated rings. The van der Waals surface area contributed by atoms with Crippen LogP contribution in [-0.2, 0) is 12.3 Å². The zero-order valence-corrected chi connectivity index (χ0v) is 11.4. The van der Waals surface area contributed by atoms with E-state index in [1.807, 2.05) is 6.92 Å². The number of H-pyrrole nitrogens is 1. The first-order chi connectivity index (χ1) is 8.22. The summed E-state index contributed by atoms with van der Waals surface area (Å²) in [5, 5.41) is 11.0. The smallest absolute Gasteiger partial charge is 0.270 e. The minimum absolute atomic E-state index is 0.183. The Labute approximate surface area is 111 Å². The maximum atomic E-state index is 11.4. The van der Waals surface area contributed by atoms with Crippen LogP contribution in [0.25, 0.3) is 0 Å². The Morgan fingerprint density at radius 3 is 3.06 bits per heavy atom. The van der Waals surface area contributed by atoms with Gasteiger partial charge in [-0.1, -0.05) is 34.8 Å². The lowest BCUT2D eigenvalue weighted by Gasteiger charge is -2.01. The van der Waals surface area contributed by atoms with Crippen LogP contribution in [0.4, 0.5) is 0 Å². The number of aromatic amines is 1. The van der Waals surface area contributed by atoms with E-state index in [9.17, 15) is 4.79 Å². The van der Waals surface area contributed by atoms with Gasteiger partial charge >= 0.3 is 5.69 Å². The second-order valence-corrected chi connectivity index (χ2v) is 5.54. The third-order valence-corrected chi connectivity index (χ3v) is 3.99. The minimum atomic E-state index is -0.183. The Balaban J connectivity index is 2.09. The molecule has 0 unspecified atom stereocenters. The molecule has 0 saturated heterocycles. The summed E-state index contributed by atoms with van der Waals surface area (Å²) in [5.74, 6) is 0.559. The quantitative estimate of drug-likeness (QED) is 0.850. The number of thioether (sulfide) groups is 1. The first-order valence-corrected chi connectivity index (χ1v) is 7.10. The molecule has 9 heteroatoms. The second-order valence-electron chi connectivity index (χ2n) is 3.24. The van der Waals surface area contributed by atoms with Gasteiger partial charge in [0, 0.05) is 23.8 Å². The van der Waals surface area contributed by atoms with E-state index in [0.717, 1.165) is 23.6 Å². The van der Waals surface area contributed by atoms with Crippen molar-refractivity contribution in [2.75, 3.05) is 0 Å². The Hall–Kier alpha value is -0.860. The molecule has 0 aromatic carbocycles. The number of halogens is 1. The molecule has 17 heavy (non-hydrogen) atoms. The number of nitrogens with one attached hydrogen (secondary N) is 1. The molecule has 6 nitrogen and oxygen atoms in total. The van der Waals surface area contributed by atoms with Crippen LogP contribution < -0.4 is 5.69 Å². The van der Waals surface area contributed by atoms with Gasteiger partial charge in [-0.05, 0) is 6.42 Å². The summed E-state index contributed by atoms with van der Waals surface area (Å²) in [7, 11) is 0. The molecule has 2 aromatic heterocycles. The van der Waals surface area contributed by atoms with E-state index < -0.39 is 0 Å². The van der Waals surface area contributed by atoms with Crippen molar-refractivity contribution in [2.24, 2.45) is 0 Å². The Morgan fingerprint density at radius 2 is 2.41 bits per heavy atom. The van der Waals surface area contributed by atoms with Crippen LogP contribution in [0.2, 0.25) is 4.34 Å². The van der Waals surface area contributed by atoms with Gasteiger partial charge in [-0.15, -0.1) is 10.2 Å². The van der Waals surface area contributed by atoms with E-state index >= 15 is 0 Å². The molecule has 2 rings (SSSR count). The van der Waals surface area contributed by atoms with Gasteiger partial charge in [0.05, 0.1) is 0 Å². The Kier molecular flexibility index (Phi) is 4.19. The lowest BCUT2D eigenvalue weighted by molar-refractivity contribution is 0.603. The van der Waals surface area contributed by atoms with E-state index in [1.165, 1.54) is 11.8 Å². The molecule has 0 bridgehead atoms. The first-order valence-electron chi connectivity index (χ1n) is 4.97. The predicted octanol–water partition coefficient (Wildman–Crippen LogP) is 1.78. The number of rotatable bonds is 5. The molecule has 0 aliphatic heterocycles. The van der Waals surface area contributed by atoms with Gasteiger partial charge in [0.1, 0.15) is 10.0 Å². The SMILES string of the molecule is CCCn1c(SCc2nnsc2Cl)n[nH]c1=O. The van der Waals surface area contributed by atoms with Crippen molar-refractivity contribution in [2.45, 2.75) is 30.8 Å². The van der Waals surface area contributed by atoms with Gasteiger partial charge in [-0.3, -0.25) is 4.57 Å². The molecule has 2 heterocycles. The van der Waals surface area contributed by atoms with Gasteiger partial charge in [0.15, 0.2) is 5.16 Å². The summed E-state index contributed by atoms with van der Waals surface area (Å²) in [6, 6.07) is 0. The van der Waals surface area contributed by atoms with Crippen molar-refractivity contribution in [3.8, 4) is 0 Å². The molecular weight excluding hydrogens is 282 g/mol. The zero-order valence-electron chi connectivity index (χ0n) is 9.01. The van der Waals surface area contributed by atoms with Crippen molar-refractivity contribution < 1.29 is 0 Å². The van der Waals surface area contributed by atoms with E-state index in [2.05, 4.69) is 19.8 Å². The van der Waals surface area contributed by atoms with E-state index in [0.29, 0.717) is 21.8 Å². The standard InChI is InChI=1S/C8H10ClN5OS2/c1-2-3-14-7(15)11-12-8(14)16-4-5-6(9)17-13-10-5/h2-4H2,1H3,(H,11,15). The lowest BCUT2D eigenvalue weighted by atomic mass is 10.5. The number of aromatic nitrogens is 5. The average Bonchev–Trinajstić information content (AvgIpc) is 2.86. The normalized spacial score (nSPS) is 10.9. The van der Waals surface area contributed by atoms with Crippen LogP contribution >= 0.6 is 34.9 Å². The molecule has 0 atom stereocenters. The van der Waals surface area contributed by atoms with E-state index in [-0.39, 0.29) is 5.69 Å². The van der Waals surface area contributed by atoms with Crippen molar-refractivity contribution >= 4 is 34.9 Å². The average molecular weight is 292 g/mol. The summed E-state index contributed by atoms with van der Waals surface area (Å²) in [5.41, 5.74) is 0.539. The second kappa shape index (κ2) is 5.65. The van der Waals surface area contributed by atoms with Gasteiger partial charge in [-0.25, -0.2) is 9.89 Å². The molecule has 0 saturated carbocycles. The van der Waals surface area contributed by atoms with Crippen LogP contribution in [0.5, 0.6) is 0 Å². The molecule has 0 radical (unpaired) electrons. The third-order valence-electron chi connectivity index (χ3n) is 2.02. The molecule has 0 spiro atoms. The van der Waals surface area contributed by atoms with Crippen LogP contribution in [0.15, 0.2) is 9.95 Å². The minimum Gasteiger partial charge on any atom is -0.270 e. The highest BCUT2D eigenvalue weighted by Gasteiger charge is 2.11. The molecular formula is C8H10ClN5OS2. The molecule has 2 aromatic rings. The van der Waals surface area contributed by atoms with Crippen molar-refractivity contribution in [1.29, 1.82) is 0 Å². The molecule has 1 N–H and O–H groups in total. The molecule has 92 valence electrons. The topological polar surface area (TPSA) is 76.5 Å². The first kappa shape index (κ1) is 12.6.